The summed E-state index contributed by atoms with van der Waals surface area (Å²) in [5.41, 5.74) is 0. The maximum absolute atomic E-state index is 9.43. The molecule has 0 fully saturated rings. The third-order valence-corrected chi connectivity index (χ3v) is 2.70. The monoisotopic (exact) mass is 222 g/mol. The molecule has 0 saturated heterocycles. The summed E-state index contributed by atoms with van der Waals surface area (Å²) in [6.45, 7) is 0.536. The first-order valence-corrected chi connectivity index (χ1v) is 5.45. The molecule has 2 rings (SSSR count). The first kappa shape index (κ1) is 10.4. The van der Waals surface area contributed by atoms with Crippen LogP contribution >= 0.6 is 11.6 Å². The maximum Gasteiger partial charge on any atom is 0.176 e. The topological polar surface area (TPSA) is 24.1 Å². The van der Waals surface area contributed by atoms with Crippen molar-refractivity contribution < 1.29 is 9.67 Å². The van der Waals surface area contributed by atoms with Crippen LogP contribution < -0.4 is 4.57 Å². The molecule has 0 radical (unpaired) electrons. The number of rotatable bonds is 3. The first-order chi connectivity index (χ1) is 7.29. The normalized spacial score (nSPS) is 12.9. The van der Waals surface area contributed by atoms with Crippen LogP contribution in [0.25, 0.3) is 10.8 Å². The van der Waals surface area contributed by atoms with E-state index in [0.717, 1.165) is 0 Å². The lowest BCUT2D eigenvalue weighted by Crippen LogP contribution is -2.39. The molecular weight excluding hydrogens is 210 g/mol. The lowest BCUT2D eigenvalue weighted by atomic mass is 10.2. The van der Waals surface area contributed by atoms with Crippen LogP contribution in [-0.4, -0.2) is 17.1 Å². The Bertz CT molecular complexity index is 458. The Balaban J connectivity index is 2.30. The van der Waals surface area contributed by atoms with Gasteiger partial charge in [0.25, 0.3) is 0 Å². The van der Waals surface area contributed by atoms with Crippen LogP contribution in [0.2, 0.25) is 0 Å². The van der Waals surface area contributed by atoms with Crippen molar-refractivity contribution in [3.05, 3.63) is 42.7 Å². The van der Waals surface area contributed by atoms with E-state index in [-0.39, 0.29) is 5.88 Å². The van der Waals surface area contributed by atoms with Crippen molar-refractivity contribution >= 4 is 22.4 Å². The van der Waals surface area contributed by atoms with Gasteiger partial charge in [-0.2, -0.15) is 0 Å². The van der Waals surface area contributed by atoms with Crippen LogP contribution in [0.3, 0.4) is 0 Å². The quantitative estimate of drug-likeness (QED) is 0.621. The molecular formula is C12H13ClNO+. The van der Waals surface area contributed by atoms with Crippen molar-refractivity contribution in [2.75, 3.05) is 5.88 Å². The summed E-state index contributed by atoms with van der Waals surface area (Å²) in [6.07, 6.45) is 3.49. The van der Waals surface area contributed by atoms with Gasteiger partial charge in [0, 0.05) is 11.5 Å². The van der Waals surface area contributed by atoms with E-state index in [1.54, 1.807) is 0 Å². The highest BCUT2D eigenvalue weighted by Crippen LogP contribution is 2.09. The van der Waals surface area contributed by atoms with Crippen LogP contribution in [0.4, 0.5) is 0 Å². The minimum atomic E-state index is -0.488. The lowest BCUT2D eigenvalue weighted by molar-refractivity contribution is -0.701. The molecule has 0 aliphatic heterocycles. The number of alkyl halides is 1. The number of aliphatic hydroxyl groups excluding tert-OH is 1. The minimum Gasteiger partial charge on any atom is -0.385 e. The highest BCUT2D eigenvalue weighted by molar-refractivity contribution is 6.18. The zero-order valence-corrected chi connectivity index (χ0v) is 9.06. The van der Waals surface area contributed by atoms with Crippen molar-refractivity contribution in [1.29, 1.82) is 0 Å². The third-order valence-electron chi connectivity index (χ3n) is 2.35. The molecule has 0 aliphatic carbocycles. The summed E-state index contributed by atoms with van der Waals surface area (Å²) >= 11 is 5.56. The highest BCUT2D eigenvalue weighted by atomic mass is 35.5. The Labute approximate surface area is 93.7 Å². The average molecular weight is 223 g/mol. The van der Waals surface area contributed by atoms with Crippen molar-refractivity contribution in [2.45, 2.75) is 12.6 Å². The Hall–Kier alpha value is -1.12. The second-order valence-corrected chi connectivity index (χ2v) is 3.89. The number of hydrogen-bond donors (Lipinski definition) is 1. The molecule has 1 N–H and O–H groups in total. The summed E-state index contributed by atoms with van der Waals surface area (Å²) in [5.74, 6) is 0.264. The molecule has 1 atom stereocenters. The Morgan fingerprint density at radius 1 is 1.20 bits per heavy atom. The molecule has 2 nitrogen and oxygen atoms in total. The number of halogens is 1. The van der Waals surface area contributed by atoms with E-state index >= 15 is 0 Å². The number of benzene rings is 1. The van der Waals surface area contributed by atoms with Gasteiger partial charge in [-0.25, -0.2) is 4.57 Å². The van der Waals surface area contributed by atoms with Crippen LogP contribution in [0.5, 0.6) is 0 Å². The zero-order valence-electron chi connectivity index (χ0n) is 8.31. The van der Waals surface area contributed by atoms with Crippen molar-refractivity contribution in [1.82, 2.24) is 0 Å². The van der Waals surface area contributed by atoms with Crippen LogP contribution in [0, 0.1) is 0 Å². The first-order valence-electron chi connectivity index (χ1n) is 4.91. The average Bonchev–Trinajstić information content (AvgIpc) is 2.29. The maximum atomic E-state index is 9.43. The van der Waals surface area contributed by atoms with Crippen molar-refractivity contribution in [3.63, 3.8) is 0 Å². The summed E-state index contributed by atoms with van der Waals surface area (Å²) in [6, 6.07) is 10.2. The van der Waals surface area contributed by atoms with E-state index in [0.29, 0.717) is 6.54 Å². The minimum absolute atomic E-state index is 0.264. The van der Waals surface area contributed by atoms with Gasteiger partial charge >= 0.3 is 0 Å². The van der Waals surface area contributed by atoms with E-state index in [1.165, 1.54) is 10.8 Å². The number of nitrogens with zero attached hydrogens (tertiary/aromatic N) is 1. The van der Waals surface area contributed by atoms with Gasteiger partial charge in [0.05, 0.1) is 5.88 Å². The highest BCUT2D eigenvalue weighted by Gasteiger charge is 2.09. The fourth-order valence-corrected chi connectivity index (χ4v) is 1.68. The summed E-state index contributed by atoms with van der Waals surface area (Å²) in [7, 11) is 0. The summed E-state index contributed by atoms with van der Waals surface area (Å²) < 4.78 is 1.95. The molecule has 3 heteroatoms. The summed E-state index contributed by atoms with van der Waals surface area (Å²) in [5, 5.41) is 11.8. The lowest BCUT2D eigenvalue weighted by Gasteiger charge is -2.02. The molecule has 1 heterocycles. The number of hydrogen-bond acceptors (Lipinski definition) is 1. The molecule has 15 heavy (non-hydrogen) atoms. The Morgan fingerprint density at radius 3 is 2.67 bits per heavy atom. The standard InChI is InChI=1S/C12H13ClNO/c13-7-12(15)9-14-6-5-10-3-1-2-4-11(10)8-14/h1-6,8,12,15H,7,9H2/q+1/t12-/m1/s1. The molecule has 0 bridgehead atoms. The zero-order chi connectivity index (χ0) is 10.7. The predicted octanol–water partition coefficient (Wildman–Crippen LogP) is 1.73. The molecule has 0 saturated carbocycles. The Kier molecular flexibility index (Phi) is 3.19. The predicted molar refractivity (Wildman–Crippen MR) is 60.9 cm³/mol. The van der Waals surface area contributed by atoms with Gasteiger partial charge < -0.3 is 5.11 Å². The molecule has 2 aromatic rings. The van der Waals surface area contributed by atoms with E-state index in [4.69, 9.17) is 11.6 Å². The van der Waals surface area contributed by atoms with E-state index in [1.807, 2.05) is 35.2 Å². The number of aliphatic hydroxyl groups is 1. The Morgan fingerprint density at radius 2 is 1.93 bits per heavy atom. The molecule has 1 aromatic carbocycles. The fourth-order valence-electron chi connectivity index (χ4n) is 1.58. The molecule has 0 aliphatic rings. The van der Waals surface area contributed by atoms with Crippen molar-refractivity contribution in [3.8, 4) is 0 Å². The fraction of sp³-hybridized carbons (Fsp3) is 0.250. The second-order valence-electron chi connectivity index (χ2n) is 3.58. The number of aromatic nitrogens is 1. The van der Waals surface area contributed by atoms with Crippen molar-refractivity contribution in [2.24, 2.45) is 0 Å². The summed E-state index contributed by atoms with van der Waals surface area (Å²) in [4.78, 5) is 0. The van der Waals surface area contributed by atoms with Gasteiger partial charge in [-0.05, 0) is 11.5 Å². The van der Waals surface area contributed by atoms with E-state index < -0.39 is 6.10 Å². The molecule has 0 amide bonds. The van der Waals surface area contributed by atoms with E-state index in [9.17, 15) is 5.11 Å². The number of fused-ring (bicyclic) bond motifs is 1. The number of pyridine rings is 1. The van der Waals surface area contributed by atoms with Gasteiger partial charge in [0.1, 0.15) is 6.10 Å². The SMILES string of the molecule is O[C@H](CCl)C[n+]1ccc2ccccc2c1. The molecule has 1 aromatic heterocycles. The molecule has 78 valence electrons. The largest absolute Gasteiger partial charge is 0.385 e. The molecule has 0 spiro atoms. The third kappa shape index (κ3) is 2.46. The van der Waals surface area contributed by atoms with Crippen LogP contribution in [0.15, 0.2) is 42.7 Å². The van der Waals surface area contributed by atoms with E-state index in [2.05, 4.69) is 12.1 Å². The second kappa shape index (κ2) is 4.60. The van der Waals surface area contributed by atoms with Gasteiger partial charge in [0.15, 0.2) is 18.9 Å². The smallest absolute Gasteiger partial charge is 0.176 e. The van der Waals surface area contributed by atoms with Gasteiger partial charge in [-0.1, -0.05) is 18.2 Å². The van der Waals surface area contributed by atoms with Crippen LogP contribution in [0.1, 0.15) is 0 Å². The van der Waals surface area contributed by atoms with Crippen LogP contribution in [-0.2, 0) is 6.54 Å². The molecule has 0 unspecified atom stereocenters. The van der Waals surface area contributed by atoms with Gasteiger partial charge in [-0.3, -0.25) is 0 Å². The van der Waals surface area contributed by atoms with Gasteiger partial charge in [0.2, 0.25) is 0 Å². The van der Waals surface area contributed by atoms with Gasteiger partial charge in [-0.15, -0.1) is 11.6 Å².